The van der Waals surface area contributed by atoms with E-state index in [1.807, 2.05) is 0 Å². The standard InChI is InChI=1S/C19H19F3N2O3.C6H12O/c20-19(21,22)13-5-6-15(16(9-13)27-11-12-3-1-2-4-12)18(26)24-14-7-8-23-17(25)10-14;7-5-6-3-1-2-4-6/h5-10,12H,1-4,11H2,(H2,23,24,25,26);6-7H,1-5H2. The number of carbonyl (C=O) groups excluding carboxylic acids is 1. The van der Waals surface area contributed by atoms with Crippen LogP contribution in [0.5, 0.6) is 5.75 Å². The van der Waals surface area contributed by atoms with Gasteiger partial charge in [-0.2, -0.15) is 13.2 Å². The number of alkyl halides is 3. The summed E-state index contributed by atoms with van der Waals surface area (Å²) in [4.78, 5) is 26.3. The van der Waals surface area contributed by atoms with Gasteiger partial charge in [0.15, 0.2) is 0 Å². The Bertz CT molecular complexity index is 994. The van der Waals surface area contributed by atoms with Crippen LogP contribution in [0.1, 0.15) is 67.3 Å². The molecule has 9 heteroatoms. The van der Waals surface area contributed by atoms with Gasteiger partial charge in [0, 0.05) is 24.6 Å². The first-order valence-electron chi connectivity index (χ1n) is 11.7. The summed E-state index contributed by atoms with van der Waals surface area (Å²) in [5.41, 5.74) is -1.05. The van der Waals surface area contributed by atoms with Gasteiger partial charge in [0.05, 0.1) is 17.7 Å². The molecule has 2 aliphatic rings. The van der Waals surface area contributed by atoms with E-state index in [1.54, 1.807) is 0 Å². The number of pyridine rings is 1. The Morgan fingerprint density at radius 2 is 1.68 bits per heavy atom. The minimum atomic E-state index is -4.53. The molecule has 0 atom stereocenters. The van der Waals surface area contributed by atoms with Crippen LogP contribution in [0.25, 0.3) is 0 Å². The Labute approximate surface area is 196 Å². The SMILES string of the molecule is O=C(Nc1cc[nH]c(=O)c1)c1ccc(C(F)(F)F)cc1OCC1CCCC1.OCC1CCCC1. The van der Waals surface area contributed by atoms with Crippen LogP contribution in [-0.2, 0) is 6.18 Å². The van der Waals surface area contributed by atoms with Gasteiger partial charge in [-0.05, 0) is 61.8 Å². The predicted molar refractivity (Wildman–Crippen MR) is 123 cm³/mol. The smallest absolute Gasteiger partial charge is 0.416 e. The van der Waals surface area contributed by atoms with Gasteiger partial charge in [-0.25, -0.2) is 0 Å². The van der Waals surface area contributed by atoms with Crippen LogP contribution < -0.4 is 15.6 Å². The Morgan fingerprint density at radius 3 is 2.24 bits per heavy atom. The number of ether oxygens (including phenoxy) is 1. The van der Waals surface area contributed by atoms with Crippen molar-refractivity contribution in [2.24, 2.45) is 11.8 Å². The molecule has 0 saturated heterocycles. The van der Waals surface area contributed by atoms with E-state index in [0.29, 0.717) is 12.5 Å². The van der Waals surface area contributed by atoms with Crippen molar-refractivity contribution in [1.82, 2.24) is 4.98 Å². The van der Waals surface area contributed by atoms with Crippen molar-refractivity contribution in [2.75, 3.05) is 18.5 Å². The lowest BCUT2D eigenvalue weighted by molar-refractivity contribution is -0.137. The molecule has 0 radical (unpaired) electrons. The molecular weight excluding hydrogens is 449 g/mol. The minimum Gasteiger partial charge on any atom is -0.492 e. The zero-order valence-electron chi connectivity index (χ0n) is 19.0. The zero-order chi connectivity index (χ0) is 24.6. The average Bonchev–Trinajstić information content (AvgIpc) is 3.51. The Kier molecular flexibility index (Phi) is 9.15. The number of aromatic nitrogens is 1. The van der Waals surface area contributed by atoms with Gasteiger partial charge < -0.3 is 20.1 Å². The number of anilines is 1. The van der Waals surface area contributed by atoms with Crippen molar-refractivity contribution >= 4 is 11.6 Å². The number of halogens is 3. The molecule has 0 aliphatic heterocycles. The molecule has 2 fully saturated rings. The maximum atomic E-state index is 13.0. The molecule has 2 aromatic rings. The monoisotopic (exact) mass is 480 g/mol. The Balaban J connectivity index is 0.000000396. The van der Waals surface area contributed by atoms with Gasteiger partial charge in [-0.3, -0.25) is 9.59 Å². The molecule has 4 rings (SSSR count). The first-order valence-corrected chi connectivity index (χ1v) is 11.7. The fourth-order valence-electron chi connectivity index (χ4n) is 4.30. The number of aliphatic hydroxyl groups excluding tert-OH is 1. The molecule has 34 heavy (non-hydrogen) atoms. The number of nitrogens with one attached hydrogen (secondary N) is 2. The summed E-state index contributed by atoms with van der Waals surface area (Å²) >= 11 is 0. The lowest BCUT2D eigenvalue weighted by Gasteiger charge is -2.17. The van der Waals surface area contributed by atoms with E-state index < -0.39 is 23.2 Å². The van der Waals surface area contributed by atoms with Crippen LogP contribution in [-0.4, -0.2) is 29.2 Å². The number of aliphatic hydroxyl groups is 1. The van der Waals surface area contributed by atoms with E-state index in [1.165, 1.54) is 44.0 Å². The molecule has 1 aromatic carbocycles. The number of amides is 1. The molecule has 1 aromatic heterocycles. The van der Waals surface area contributed by atoms with E-state index in [0.717, 1.165) is 43.9 Å². The molecular formula is C25H31F3N2O4. The van der Waals surface area contributed by atoms with E-state index in [-0.39, 0.29) is 29.5 Å². The van der Waals surface area contributed by atoms with Crippen molar-refractivity contribution in [3.8, 4) is 5.75 Å². The highest BCUT2D eigenvalue weighted by atomic mass is 19.4. The minimum absolute atomic E-state index is 0.0127. The fraction of sp³-hybridized carbons (Fsp3) is 0.520. The van der Waals surface area contributed by atoms with Crippen molar-refractivity contribution in [3.05, 3.63) is 58.0 Å². The average molecular weight is 481 g/mol. The first-order chi connectivity index (χ1) is 16.3. The normalized spacial score (nSPS) is 16.7. The highest BCUT2D eigenvalue weighted by molar-refractivity contribution is 6.06. The molecule has 6 nitrogen and oxygen atoms in total. The second-order valence-electron chi connectivity index (χ2n) is 8.90. The van der Waals surface area contributed by atoms with Crippen LogP contribution in [0.3, 0.4) is 0 Å². The quantitative estimate of drug-likeness (QED) is 0.517. The van der Waals surface area contributed by atoms with Crippen LogP contribution in [0.4, 0.5) is 18.9 Å². The summed E-state index contributed by atoms with van der Waals surface area (Å²) in [6.07, 6.45) is 6.11. The molecule has 0 bridgehead atoms. The molecule has 2 aliphatic carbocycles. The van der Waals surface area contributed by atoms with E-state index in [2.05, 4.69) is 10.3 Å². The second kappa shape index (κ2) is 12.1. The topological polar surface area (TPSA) is 91.4 Å². The van der Waals surface area contributed by atoms with Crippen molar-refractivity contribution in [1.29, 1.82) is 0 Å². The number of benzene rings is 1. The van der Waals surface area contributed by atoms with Crippen molar-refractivity contribution in [2.45, 2.75) is 57.5 Å². The summed E-state index contributed by atoms with van der Waals surface area (Å²) in [5.74, 6) is 0.179. The third-order valence-corrected chi connectivity index (χ3v) is 6.27. The number of hydrogen-bond donors (Lipinski definition) is 3. The summed E-state index contributed by atoms with van der Waals surface area (Å²) in [5, 5.41) is 11.1. The van der Waals surface area contributed by atoms with E-state index in [4.69, 9.17) is 9.84 Å². The number of rotatable bonds is 6. The van der Waals surface area contributed by atoms with Gasteiger partial charge in [-0.1, -0.05) is 25.7 Å². The Hall–Kier alpha value is -2.81. The van der Waals surface area contributed by atoms with Gasteiger partial charge in [-0.15, -0.1) is 0 Å². The molecule has 0 unspecified atom stereocenters. The maximum absolute atomic E-state index is 13.0. The summed E-state index contributed by atoms with van der Waals surface area (Å²) in [6.45, 7) is 0.687. The van der Waals surface area contributed by atoms with Crippen molar-refractivity contribution in [3.63, 3.8) is 0 Å². The van der Waals surface area contributed by atoms with Crippen molar-refractivity contribution < 1.29 is 27.8 Å². The third kappa shape index (κ3) is 7.62. The van der Waals surface area contributed by atoms with Crippen LogP contribution in [0.15, 0.2) is 41.3 Å². The highest BCUT2D eigenvalue weighted by Gasteiger charge is 2.32. The van der Waals surface area contributed by atoms with Gasteiger partial charge in [0.25, 0.3) is 5.91 Å². The molecule has 2 saturated carbocycles. The first kappa shape index (κ1) is 25.8. The summed E-state index contributed by atoms with van der Waals surface area (Å²) in [7, 11) is 0. The third-order valence-electron chi connectivity index (χ3n) is 6.27. The van der Waals surface area contributed by atoms with Gasteiger partial charge >= 0.3 is 6.18 Å². The predicted octanol–water partition coefficient (Wildman–Crippen LogP) is 5.38. The fourth-order valence-corrected chi connectivity index (χ4v) is 4.30. The van der Waals surface area contributed by atoms with Crippen LogP contribution in [0.2, 0.25) is 0 Å². The number of carbonyl (C=O) groups is 1. The van der Waals surface area contributed by atoms with Gasteiger partial charge in [0.2, 0.25) is 5.56 Å². The summed E-state index contributed by atoms with van der Waals surface area (Å²) in [6, 6.07) is 5.44. The molecule has 1 heterocycles. The Morgan fingerprint density at radius 1 is 1.03 bits per heavy atom. The van der Waals surface area contributed by atoms with E-state index >= 15 is 0 Å². The van der Waals surface area contributed by atoms with Gasteiger partial charge in [0.1, 0.15) is 5.75 Å². The maximum Gasteiger partial charge on any atom is 0.416 e. The molecule has 186 valence electrons. The number of aromatic amines is 1. The largest absolute Gasteiger partial charge is 0.492 e. The second-order valence-corrected chi connectivity index (χ2v) is 8.90. The lowest BCUT2D eigenvalue weighted by atomic mass is 10.1. The number of hydrogen-bond acceptors (Lipinski definition) is 4. The molecule has 0 spiro atoms. The zero-order valence-corrected chi connectivity index (χ0v) is 19.0. The van der Waals surface area contributed by atoms with Crippen LogP contribution >= 0.6 is 0 Å². The summed E-state index contributed by atoms with van der Waals surface area (Å²) < 4.78 is 44.7. The molecule has 1 amide bonds. The number of H-pyrrole nitrogens is 1. The van der Waals surface area contributed by atoms with Crippen LogP contribution in [0, 0.1) is 11.8 Å². The van der Waals surface area contributed by atoms with E-state index in [9.17, 15) is 22.8 Å². The highest BCUT2D eigenvalue weighted by Crippen LogP contribution is 2.34. The lowest BCUT2D eigenvalue weighted by Crippen LogP contribution is -2.18. The molecule has 3 N–H and O–H groups in total.